The van der Waals surface area contributed by atoms with Crippen LogP contribution in [0.5, 0.6) is 0 Å². The van der Waals surface area contributed by atoms with Gasteiger partial charge in [-0.1, -0.05) is 123 Å². The van der Waals surface area contributed by atoms with Crippen LogP contribution in [-0.2, 0) is 18.8 Å². The molecule has 8 nitrogen and oxygen atoms in total. The molecule has 0 fully saturated rings. The fourth-order valence-electron chi connectivity index (χ4n) is 3.80. The minimum atomic E-state index is -4.64. The Morgan fingerprint density at radius 2 is 0.972 bits per heavy atom. The summed E-state index contributed by atoms with van der Waals surface area (Å²) in [6, 6.07) is 0. The Kier molecular flexibility index (Phi) is 37.4. The van der Waals surface area contributed by atoms with E-state index in [1.54, 1.807) is 0 Å². The fourth-order valence-corrected chi connectivity index (χ4v) is 3.80. The quantitative estimate of drug-likeness (QED) is 0.0415. The third-order valence-corrected chi connectivity index (χ3v) is 5.74. The molecule has 0 aliphatic heterocycles. The average molecular weight is 567 g/mol. The van der Waals surface area contributed by atoms with Crippen molar-refractivity contribution in [3.8, 4) is 0 Å². The number of carbonyl (C=O) groups is 1. The summed E-state index contributed by atoms with van der Waals surface area (Å²) in [5.41, 5.74) is 0. The molecule has 0 radical (unpaired) electrons. The Hall–Kier alpha value is 1.14. The molecular weight excluding hydrogens is 510 g/mol. The van der Waals surface area contributed by atoms with E-state index in [4.69, 9.17) is 33.8 Å². The van der Waals surface area contributed by atoms with Crippen LogP contribution in [0.3, 0.4) is 0 Å². The summed E-state index contributed by atoms with van der Waals surface area (Å²) in [4.78, 5) is 32.4. The summed E-state index contributed by atoms with van der Waals surface area (Å²) in [7, 11) is -4.64. The first-order valence-electron chi connectivity index (χ1n) is 13.9. The summed E-state index contributed by atoms with van der Waals surface area (Å²) < 4.78 is 20.1. The number of rotatable bonds is 25. The number of phosphoric acid groups is 1. The van der Waals surface area contributed by atoms with Crippen LogP contribution in [0.25, 0.3) is 0 Å². The van der Waals surface area contributed by atoms with Gasteiger partial charge in [0.1, 0.15) is 6.61 Å². The van der Waals surface area contributed by atoms with Gasteiger partial charge in [-0.15, -0.1) is 0 Å². The van der Waals surface area contributed by atoms with E-state index >= 15 is 0 Å². The van der Waals surface area contributed by atoms with Gasteiger partial charge in [0.05, 0.1) is 0 Å². The van der Waals surface area contributed by atoms with E-state index in [0.29, 0.717) is 6.61 Å². The number of aliphatic carboxylic acids is 1. The van der Waals surface area contributed by atoms with Crippen LogP contribution in [0.4, 0.5) is 0 Å². The number of hydrogen-bond donors (Lipinski definition) is 4. The van der Waals surface area contributed by atoms with E-state index in [1.165, 1.54) is 109 Å². The predicted octanol–water partition coefficient (Wildman–Crippen LogP) is 6.70. The molecule has 214 valence electrons. The average Bonchev–Trinajstić information content (AvgIpc) is 2.78. The Balaban J connectivity index is -0.00000164. The molecule has 36 heavy (non-hydrogen) atoms. The van der Waals surface area contributed by atoms with Crippen molar-refractivity contribution in [1.29, 1.82) is 0 Å². The molecule has 0 amide bonds. The van der Waals surface area contributed by atoms with Gasteiger partial charge in [-0.05, 0) is 19.3 Å². The summed E-state index contributed by atoms with van der Waals surface area (Å²) in [6.45, 7) is 4.91. The molecule has 0 saturated heterocycles. The van der Waals surface area contributed by atoms with E-state index in [-0.39, 0.29) is 64.3 Å². The maximum atomic E-state index is 10.8. The number of ether oxygens (including phenoxy) is 2. The molecular formula is C26H56KO8P. The van der Waals surface area contributed by atoms with Crippen LogP contribution in [0.2, 0.25) is 0 Å². The van der Waals surface area contributed by atoms with E-state index in [0.717, 1.165) is 19.3 Å². The number of carboxylic acid groups (broad SMARTS) is 1. The van der Waals surface area contributed by atoms with Crippen LogP contribution in [-0.4, -0.2) is 96.6 Å². The van der Waals surface area contributed by atoms with Crippen molar-refractivity contribution in [3.63, 3.8) is 0 Å². The molecule has 0 rings (SSSR count). The molecule has 0 saturated carbocycles. The topological polar surface area (TPSA) is 134 Å². The Labute approximate surface area is 263 Å². The second-order valence-corrected chi connectivity index (χ2v) is 10.3. The molecule has 0 aromatic rings. The SMILES string of the molecule is CCCCCCCCCCCCCCCC(OCCCCCCCC)OCC(=O)O.O=P(O)(O)O.[KH]. The molecule has 10 heteroatoms. The van der Waals surface area contributed by atoms with Crippen LogP contribution in [0, 0.1) is 0 Å². The Morgan fingerprint density at radius 3 is 1.33 bits per heavy atom. The monoisotopic (exact) mass is 566 g/mol. The molecule has 0 heterocycles. The van der Waals surface area contributed by atoms with Gasteiger partial charge < -0.3 is 29.3 Å². The Bertz CT molecular complexity index is 482. The summed E-state index contributed by atoms with van der Waals surface area (Å²) in [6.07, 6.45) is 25.1. The zero-order valence-electron chi connectivity index (χ0n) is 22.5. The van der Waals surface area contributed by atoms with Crippen molar-refractivity contribution in [2.45, 2.75) is 149 Å². The molecule has 4 N–H and O–H groups in total. The Morgan fingerprint density at radius 1 is 0.639 bits per heavy atom. The molecule has 1 unspecified atom stereocenters. The molecule has 0 aromatic carbocycles. The molecule has 0 aliphatic carbocycles. The first-order chi connectivity index (χ1) is 16.7. The predicted molar refractivity (Wildman–Crippen MR) is 148 cm³/mol. The van der Waals surface area contributed by atoms with Gasteiger partial charge in [0.2, 0.25) is 0 Å². The van der Waals surface area contributed by atoms with Crippen molar-refractivity contribution < 1.29 is 38.6 Å². The standard InChI is InChI=1S/C26H52O4.K.H3O4P.H/c1-3-5-7-9-11-12-13-14-15-16-17-18-20-22-26(30-24-25(27)28)29-23-21-19-10-8-6-4-2;;1-5(2,3)4;/h26H,3-24H2,1-2H3,(H,27,28);;(H3,1,2,3,4);. The maximum absolute atomic E-state index is 10.8. The first-order valence-corrected chi connectivity index (χ1v) is 15.5. The number of carboxylic acids is 1. The molecule has 0 aliphatic rings. The van der Waals surface area contributed by atoms with Crippen molar-refractivity contribution in [3.05, 3.63) is 0 Å². The van der Waals surface area contributed by atoms with Crippen LogP contribution < -0.4 is 0 Å². The van der Waals surface area contributed by atoms with Crippen molar-refractivity contribution in [1.82, 2.24) is 0 Å². The summed E-state index contributed by atoms with van der Waals surface area (Å²) >= 11 is 0. The van der Waals surface area contributed by atoms with Crippen LogP contribution in [0.15, 0.2) is 0 Å². The molecule has 0 bridgehead atoms. The van der Waals surface area contributed by atoms with Gasteiger partial charge in [0.15, 0.2) is 6.29 Å². The van der Waals surface area contributed by atoms with Crippen LogP contribution in [0.1, 0.15) is 142 Å². The van der Waals surface area contributed by atoms with E-state index in [2.05, 4.69) is 13.8 Å². The summed E-state index contributed by atoms with van der Waals surface area (Å²) in [5.74, 6) is -0.923. The van der Waals surface area contributed by atoms with Gasteiger partial charge in [-0.25, -0.2) is 9.36 Å². The van der Waals surface area contributed by atoms with E-state index in [1.807, 2.05) is 0 Å². The third-order valence-electron chi connectivity index (χ3n) is 5.74. The third kappa shape index (κ3) is 45.1. The minimum absolute atomic E-state index is 0. The van der Waals surface area contributed by atoms with Gasteiger partial charge in [-0.2, -0.15) is 0 Å². The molecule has 0 aromatic heterocycles. The normalized spacial score (nSPS) is 11.9. The second-order valence-electron chi connectivity index (χ2n) is 9.32. The molecule has 1 atom stereocenters. The van der Waals surface area contributed by atoms with Crippen molar-refractivity contribution >= 4 is 65.2 Å². The fraction of sp³-hybridized carbons (Fsp3) is 0.962. The zero-order chi connectivity index (χ0) is 26.6. The van der Waals surface area contributed by atoms with Crippen molar-refractivity contribution in [2.24, 2.45) is 0 Å². The van der Waals surface area contributed by atoms with Gasteiger partial charge in [0, 0.05) is 6.61 Å². The zero-order valence-corrected chi connectivity index (χ0v) is 23.4. The van der Waals surface area contributed by atoms with Crippen LogP contribution >= 0.6 is 7.82 Å². The van der Waals surface area contributed by atoms with Gasteiger partial charge in [-0.3, -0.25) is 0 Å². The number of unbranched alkanes of at least 4 members (excludes halogenated alkanes) is 17. The number of hydrogen-bond acceptors (Lipinski definition) is 4. The van der Waals surface area contributed by atoms with E-state index in [9.17, 15) is 4.79 Å². The van der Waals surface area contributed by atoms with E-state index < -0.39 is 13.8 Å². The van der Waals surface area contributed by atoms with Gasteiger partial charge >= 0.3 is 65.2 Å². The van der Waals surface area contributed by atoms with Gasteiger partial charge in [0.25, 0.3) is 0 Å². The molecule has 0 spiro atoms. The van der Waals surface area contributed by atoms with Crippen molar-refractivity contribution in [2.75, 3.05) is 13.2 Å². The first kappa shape index (κ1) is 41.6. The summed E-state index contributed by atoms with van der Waals surface area (Å²) in [5, 5.41) is 8.86. The second kappa shape index (κ2) is 32.3.